The number of ether oxygens (including phenoxy) is 1. The molecule has 1 aromatic carbocycles. The minimum atomic E-state index is -0.566. The van der Waals surface area contributed by atoms with Crippen LogP contribution in [0.15, 0.2) is 42.5 Å². The molecule has 1 unspecified atom stereocenters. The first-order valence-corrected chi connectivity index (χ1v) is 6.95. The summed E-state index contributed by atoms with van der Waals surface area (Å²) in [7, 11) is 0. The number of hydrogen-bond donors (Lipinski definition) is 2. The van der Waals surface area contributed by atoms with Gasteiger partial charge in [0.25, 0.3) is 0 Å². The molecule has 0 bridgehead atoms. The number of rotatable bonds is 5. The van der Waals surface area contributed by atoms with Gasteiger partial charge in [-0.2, -0.15) is 0 Å². The fraction of sp³-hybridized carbons (Fsp3) is 0.267. The SMILES string of the molecule is CCOC(=O)/C=C/C(=O)NC(=S)NC(C)c1ccccc1. The summed E-state index contributed by atoms with van der Waals surface area (Å²) >= 11 is 5.04. The molecule has 6 heteroatoms. The van der Waals surface area contributed by atoms with Crippen molar-refractivity contribution in [1.29, 1.82) is 0 Å². The Hall–Kier alpha value is -2.21. The van der Waals surface area contributed by atoms with Crippen molar-refractivity contribution in [3.8, 4) is 0 Å². The van der Waals surface area contributed by atoms with Gasteiger partial charge in [-0.1, -0.05) is 30.3 Å². The molecule has 1 rings (SSSR count). The van der Waals surface area contributed by atoms with Gasteiger partial charge in [0.2, 0.25) is 5.91 Å². The monoisotopic (exact) mass is 306 g/mol. The van der Waals surface area contributed by atoms with Crippen LogP contribution in [0.1, 0.15) is 25.5 Å². The smallest absolute Gasteiger partial charge is 0.330 e. The Balaban J connectivity index is 2.43. The Bertz CT molecular complexity index is 529. The zero-order valence-corrected chi connectivity index (χ0v) is 12.8. The Kier molecular flexibility index (Phi) is 7.11. The molecule has 5 nitrogen and oxygen atoms in total. The van der Waals surface area contributed by atoms with Crippen molar-refractivity contribution in [2.24, 2.45) is 0 Å². The molecule has 0 aliphatic heterocycles. The van der Waals surface area contributed by atoms with Gasteiger partial charge < -0.3 is 10.1 Å². The van der Waals surface area contributed by atoms with Crippen molar-refractivity contribution < 1.29 is 14.3 Å². The van der Waals surface area contributed by atoms with E-state index in [-0.39, 0.29) is 17.8 Å². The fourth-order valence-corrected chi connectivity index (χ4v) is 1.82. The molecule has 21 heavy (non-hydrogen) atoms. The molecule has 112 valence electrons. The fourth-order valence-electron chi connectivity index (χ4n) is 1.55. The second-order valence-corrected chi connectivity index (χ2v) is 4.59. The van der Waals surface area contributed by atoms with E-state index in [9.17, 15) is 9.59 Å². The summed E-state index contributed by atoms with van der Waals surface area (Å²) in [5, 5.41) is 5.65. The van der Waals surface area contributed by atoms with Gasteiger partial charge in [-0.3, -0.25) is 10.1 Å². The lowest BCUT2D eigenvalue weighted by Gasteiger charge is -2.16. The molecule has 0 aliphatic rings. The van der Waals surface area contributed by atoms with Crippen molar-refractivity contribution in [3.05, 3.63) is 48.0 Å². The maximum Gasteiger partial charge on any atom is 0.330 e. The van der Waals surface area contributed by atoms with E-state index in [0.29, 0.717) is 0 Å². The van der Waals surface area contributed by atoms with Crippen molar-refractivity contribution in [2.75, 3.05) is 6.61 Å². The lowest BCUT2D eigenvalue weighted by atomic mass is 10.1. The largest absolute Gasteiger partial charge is 0.463 e. The summed E-state index contributed by atoms with van der Waals surface area (Å²) in [4.78, 5) is 22.6. The lowest BCUT2D eigenvalue weighted by molar-refractivity contribution is -0.137. The number of nitrogens with one attached hydrogen (secondary N) is 2. The molecule has 0 aromatic heterocycles. The Morgan fingerprint density at radius 3 is 2.57 bits per heavy atom. The molecule has 0 aliphatic carbocycles. The van der Waals surface area contributed by atoms with Crippen molar-refractivity contribution in [1.82, 2.24) is 10.6 Å². The first-order chi connectivity index (χ1) is 10.0. The van der Waals surface area contributed by atoms with E-state index >= 15 is 0 Å². The van der Waals surface area contributed by atoms with Crippen LogP contribution >= 0.6 is 12.2 Å². The normalized spacial score (nSPS) is 11.7. The highest BCUT2D eigenvalue weighted by Gasteiger charge is 2.08. The van der Waals surface area contributed by atoms with Crippen LogP contribution in [0.25, 0.3) is 0 Å². The van der Waals surface area contributed by atoms with E-state index < -0.39 is 11.9 Å². The average Bonchev–Trinajstić information content (AvgIpc) is 2.46. The second kappa shape index (κ2) is 8.86. The van der Waals surface area contributed by atoms with E-state index in [1.54, 1.807) is 6.92 Å². The Morgan fingerprint density at radius 2 is 1.95 bits per heavy atom. The van der Waals surface area contributed by atoms with Crippen LogP contribution in [-0.4, -0.2) is 23.6 Å². The standard InChI is InChI=1S/C15H18N2O3S/c1-3-20-14(19)10-9-13(18)17-15(21)16-11(2)12-7-5-4-6-8-12/h4-11H,3H2,1-2H3,(H2,16,17,18,21)/b10-9+. The van der Waals surface area contributed by atoms with Gasteiger partial charge in [0.05, 0.1) is 12.6 Å². The van der Waals surface area contributed by atoms with Crippen LogP contribution in [0.4, 0.5) is 0 Å². The number of hydrogen-bond acceptors (Lipinski definition) is 4. The number of carbonyl (C=O) groups excluding carboxylic acids is 2. The highest BCUT2D eigenvalue weighted by Crippen LogP contribution is 2.10. The molecule has 2 N–H and O–H groups in total. The summed E-state index contributed by atoms with van der Waals surface area (Å²) < 4.78 is 4.67. The molecule has 0 saturated heterocycles. The summed E-state index contributed by atoms with van der Waals surface area (Å²) in [6.07, 6.45) is 2.14. The van der Waals surface area contributed by atoms with Crippen LogP contribution < -0.4 is 10.6 Å². The maximum atomic E-state index is 11.5. The summed E-state index contributed by atoms with van der Waals surface area (Å²) in [6.45, 7) is 3.89. The van der Waals surface area contributed by atoms with Crippen molar-refractivity contribution in [3.63, 3.8) is 0 Å². The van der Waals surface area contributed by atoms with E-state index in [0.717, 1.165) is 17.7 Å². The van der Waals surface area contributed by atoms with Gasteiger partial charge in [0, 0.05) is 12.2 Å². The quantitative estimate of drug-likeness (QED) is 0.494. The third-order valence-corrected chi connectivity index (χ3v) is 2.76. The zero-order chi connectivity index (χ0) is 15.7. The topological polar surface area (TPSA) is 67.4 Å². The molecule has 1 aromatic rings. The Morgan fingerprint density at radius 1 is 1.29 bits per heavy atom. The molecule has 0 fully saturated rings. The van der Waals surface area contributed by atoms with Crippen molar-refractivity contribution in [2.45, 2.75) is 19.9 Å². The molecule has 0 heterocycles. The van der Waals surface area contributed by atoms with E-state index in [2.05, 4.69) is 15.4 Å². The highest BCUT2D eigenvalue weighted by molar-refractivity contribution is 7.80. The summed E-state index contributed by atoms with van der Waals surface area (Å²) in [6, 6.07) is 9.67. The predicted molar refractivity (Wildman–Crippen MR) is 84.5 cm³/mol. The third kappa shape index (κ3) is 6.67. The third-order valence-electron chi connectivity index (χ3n) is 2.54. The van der Waals surface area contributed by atoms with Crippen LogP contribution in [-0.2, 0) is 14.3 Å². The molecule has 1 amide bonds. The van der Waals surface area contributed by atoms with Crippen LogP contribution in [0.3, 0.4) is 0 Å². The maximum absolute atomic E-state index is 11.5. The number of carbonyl (C=O) groups is 2. The van der Waals surface area contributed by atoms with Gasteiger partial charge in [0.15, 0.2) is 5.11 Å². The lowest BCUT2D eigenvalue weighted by Crippen LogP contribution is -2.39. The Labute approximate surface area is 129 Å². The van der Waals surface area contributed by atoms with Gasteiger partial charge in [-0.15, -0.1) is 0 Å². The van der Waals surface area contributed by atoms with Gasteiger partial charge in [0.1, 0.15) is 0 Å². The van der Waals surface area contributed by atoms with Crippen LogP contribution in [0.5, 0.6) is 0 Å². The average molecular weight is 306 g/mol. The number of esters is 1. The molecule has 0 spiro atoms. The van der Waals surface area contributed by atoms with Crippen LogP contribution in [0, 0.1) is 0 Å². The number of amides is 1. The molecule has 0 radical (unpaired) electrons. The first kappa shape index (κ1) is 16.8. The highest BCUT2D eigenvalue weighted by atomic mass is 32.1. The van der Waals surface area contributed by atoms with E-state index in [1.807, 2.05) is 37.3 Å². The molecular weight excluding hydrogens is 288 g/mol. The van der Waals surface area contributed by atoms with Crippen molar-refractivity contribution >= 4 is 29.2 Å². The van der Waals surface area contributed by atoms with Gasteiger partial charge in [-0.25, -0.2) is 4.79 Å². The van der Waals surface area contributed by atoms with E-state index in [4.69, 9.17) is 12.2 Å². The minimum Gasteiger partial charge on any atom is -0.463 e. The summed E-state index contributed by atoms with van der Waals surface area (Å²) in [5.41, 5.74) is 1.05. The molecule has 1 atom stereocenters. The number of benzene rings is 1. The number of thiocarbonyl (C=S) groups is 1. The van der Waals surface area contributed by atoms with Gasteiger partial charge in [-0.05, 0) is 31.6 Å². The first-order valence-electron chi connectivity index (χ1n) is 6.54. The van der Waals surface area contributed by atoms with Crippen LogP contribution in [0.2, 0.25) is 0 Å². The second-order valence-electron chi connectivity index (χ2n) is 4.18. The predicted octanol–water partition coefficient (Wildman–Crippen LogP) is 1.86. The summed E-state index contributed by atoms with van der Waals surface area (Å²) in [5.74, 6) is -1.05. The minimum absolute atomic E-state index is 0.0342. The van der Waals surface area contributed by atoms with E-state index in [1.165, 1.54) is 0 Å². The molecule has 0 saturated carbocycles. The molecular formula is C15H18N2O3S. The zero-order valence-electron chi connectivity index (χ0n) is 12.0. The van der Waals surface area contributed by atoms with Gasteiger partial charge >= 0.3 is 5.97 Å².